The molecule has 2 saturated heterocycles. The SMILES string of the molecule is CC(CNC(=O)N1CSC[C@H]1C(=O)O)N1CCCC1. The van der Waals surface area contributed by atoms with E-state index < -0.39 is 12.0 Å². The Kier molecular flexibility index (Phi) is 4.93. The lowest BCUT2D eigenvalue weighted by molar-refractivity contribution is -0.140. The lowest BCUT2D eigenvalue weighted by Crippen LogP contribution is -2.49. The van der Waals surface area contributed by atoms with E-state index in [0.717, 1.165) is 13.1 Å². The number of thioether (sulfide) groups is 1. The molecule has 0 aromatic carbocycles. The topological polar surface area (TPSA) is 72.9 Å². The summed E-state index contributed by atoms with van der Waals surface area (Å²) in [4.78, 5) is 26.8. The van der Waals surface area contributed by atoms with Crippen LogP contribution in [0.1, 0.15) is 19.8 Å². The summed E-state index contributed by atoms with van der Waals surface area (Å²) >= 11 is 1.48. The first-order chi connectivity index (χ1) is 9.09. The molecule has 2 N–H and O–H groups in total. The Labute approximate surface area is 117 Å². The molecule has 0 aromatic heterocycles. The average Bonchev–Trinajstić information content (AvgIpc) is 3.04. The molecular formula is C12H21N3O3S. The van der Waals surface area contributed by atoms with Crippen molar-refractivity contribution < 1.29 is 14.7 Å². The lowest BCUT2D eigenvalue weighted by atomic mass is 10.3. The second-order valence-electron chi connectivity index (χ2n) is 5.10. The molecule has 2 rings (SSSR count). The number of amides is 2. The number of nitrogens with zero attached hydrogens (tertiary/aromatic N) is 2. The molecule has 2 aliphatic rings. The number of hydrogen-bond donors (Lipinski definition) is 2. The molecule has 2 heterocycles. The van der Waals surface area contributed by atoms with E-state index in [1.165, 1.54) is 29.5 Å². The highest BCUT2D eigenvalue weighted by Crippen LogP contribution is 2.21. The van der Waals surface area contributed by atoms with Crippen LogP contribution in [-0.4, -0.2) is 70.3 Å². The zero-order valence-corrected chi connectivity index (χ0v) is 12.0. The second-order valence-corrected chi connectivity index (χ2v) is 6.10. The zero-order valence-electron chi connectivity index (χ0n) is 11.2. The predicted molar refractivity (Wildman–Crippen MR) is 74.3 cm³/mol. The van der Waals surface area contributed by atoms with Crippen LogP contribution in [-0.2, 0) is 4.79 Å². The standard InChI is InChI=1S/C12H21N3O3S/c1-9(14-4-2-3-5-14)6-13-12(18)15-8-19-7-10(15)11(16)17/h9-10H,2-8H2,1H3,(H,13,18)(H,16,17)/t9?,10-/m0/s1. The van der Waals surface area contributed by atoms with E-state index in [-0.39, 0.29) is 6.03 Å². The maximum absolute atomic E-state index is 12.0. The van der Waals surface area contributed by atoms with Crippen molar-refractivity contribution in [1.82, 2.24) is 15.1 Å². The highest BCUT2D eigenvalue weighted by atomic mass is 32.2. The molecule has 0 spiro atoms. The van der Waals surface area contributed by atoms with Crippen LogP contribution in [0.25, 0.3) is 0 Å². The van der Waals surface area contributed by atoms with Gasteiger partial charge in [-0.15, -0.1) is 11.8 Å². The first-order valence-corrected chi connectivity index (χ1v) is 7.84. The molecule has 2 fully saturated rings. The Morgan fingerprint density at radius 1 is 1.42 bits per heavy atom. The van der Waals surface area contributed by atoms with Gasteiger partial charge in [0.2, 0.25) is 0 Å². The van der Waals surface area contributed by atoms with Crippen molar-refractivity contribution in [3.63, 3.8) is 0 Å². The first-order valence-electron chi connectivity index (χ1n) is 6.68. The smallest absolute Gasteiger partial charge is 0.327 e. The summed E-state index contributed by atoms with van der Waals surface area (Å²) in [5.74, 6) is 0.0125. The van der Waals surface area contributed by atoms with Crippen LogP contribution in [0.15, 0.2) is 0 Å². The van der Waals surface area contributed by atoms with Gasteiger partial charge in [-0.2, -0.15) is 0 Å². The van der Waals surface area contributed by atoms with Gasteiger partial charge in [0.15, 0.2) is 0 Å². The summed E-state index contributed by atoms with van der Waals surface area (Å²) in [6.45, 7) is 4.86. The molecular weight excluding hydrogens is 266 g/mol. The molecule has 0 aliphatic carbocycles. The Bertz CT molecular complexity index is 347. The van der Waals surface area contributed by atoms with Gasteiger partial charge in [-0.1, -0.05) is 0 Å². The maximum atomic E-state index is 12.0. The van der Waals surface area contributed by atoms with Gasteiger partial charge in [0.05, 0.1) is 5.88 Å². The molecule has 2 atom stereocenters. The van der Waals surface area contributed by atoms with E-state index in [1.54, 1.807) is 0 Å². The normalized spacial score (nSPS) is 25.5. The van der Waals surface area contributed by atoms with E-state index >= 15 is 0 Å². The first kappa shape index (κ1) is 14.5. The number of aliphatic carboxylic acids is 1. The number of likely N-dealkylation sites (tertiary alicyclic amines) is 1. The van der Waals surface area contributed by atoms with E-state index in [9.17, 15) is 9.59 Å². The molecule has 0 saturated carbocycles. The van der Waals surface area contributed by atoms with Crippen molar-refractivity contribution in [3.05, 3.63) is 0 Å². The molecule has 1 unspecified atom stereocenters. The van der Waals surface area contributed by atoms with Crippen LogP contribution < -0.4 is 5.32 Å². The lowest BCUT2D eigenvalue weighted by Gasteiger charge is -2.26. The number of carboxylic acid groups (broad SMARTS) is 1. The van der Waals surface area contributed by atoms with Crippen LogP contribution in [0.4, 0.5) is 4.79 Å². The minimum Gasteiger partial charge on any atom is -0.480 e. The van der Waals surface area contributed by atoms with E-state index in [2.05, 4.69) is 17.1 Å². The molecule has 2 amide bonds. The molecule has 2 aliphatic heterocycles. The third-order valence-electron chi connectivity index (χ3n) is 3.74. The zero-order chi connectivity index (χ0) is 13.8. The van der Waals surface area contributed by atoms with Crippen LogP contribution >= 0.6 is 11.8 Å². The highest BCUT2D eigenvalue weighted by molar-refractivity contribution is 7.99. The number of nitrogens with one attached hydrogen (secondary N) is 1. The summed E-state index contributed by atoms with van der Waals surface area (Å²) in [5.41, 5.74) is 0. The van der Waals surface area contributed by atoms with Crippen molar-refractivity contribution in [3.8, 4) is 0 Å². The molecule has 0 aromatic rings. The number of urea groups is 1. The van der Waals surface area contributed by atoms with Gasteiger partial charge in [0.1, 0.15) is 6.04 Å². The predicted octanol–water partition coefficient (Wildman–Crippen LogP) is 0.640. The molecule has 0 bridgehead atoms. The van der Waals surface area contributed by atoms with Gasteiger partial charge in [0.25, 0.3) is 0 Å². The third kappa shape index (κ3) is 3.54. The minimum atomic E-state index is -0.923. The summed E-state index contributed by atoms with van der Waals surface area (Å²) in [6, 6.07) is -0.638. The van der Waals surface area contributed by atoms with Gasteiger partial charge < -0.3 is 15.3 Å². The molecule has 0 radical (unpaired) electrons. The Balaban J connectivity index is 1.78. The van der Waals surface area contributed by atoms with Gasteiger partial charge >= 0.3 is 12.0 Å². The van der Waals surface area contributed by atoms with Gasteiger partial charge in [0, 0.05) is 18.3 Å². The third-order valence-corrected chi connectivity index (χ3v) is 4.75. The van der Waals surface area contributed by atoms with Gasteiger partial charge in [-0.3, -0.25) is 4.90 Å². The fourth-order valence-electron chi connectivity index (χ4n) is 2.50. The number of carbonyl (C=O) groups excluding carboxylic acids is 1. The van der Waals surface area contributed by atoms with E-state index in [0.29, 0.717) is 24.2 Å². The fourth-order valence-corrected chi connectivity index (χ4v) is 3.64. The van der Waals surface area contributed by atoms with E-state index in [1.807, 2.05) is 0 Å². The van der Waals surface area contributed by atoms with Gasteiger partial charge in [-0.25, -0.2) is 9.59 Å². The second kappa shape index (κ2) is 6.47. The van der Waals surface area contributed by atoms with Crippen LogP contribution in [0, 0.1) is 0 Å². The van der Waals surface area contributed by atoms with Gasteiger partial charge in [-0.05, 0) is 32.9 Å². The largest absolute Gasteiger partial charge is 0.480 e. The number of carbonyl (C=O) groups is 2. The van der Waals surface area contributed by atoms with Crippen molar-refractivity contribution in [1.29, 1.82) is 0 Å². The Hall–Kier alpha value is -0.950. The molecule has 19 heavy (non-hydrogen) atoms. The van der Waals surface area contributed by atoms with Crippen LogP contribution in [0.3, 0.4) is 0 Å². The highest BCUT2D eigenvalue weighted by Gasteiger charge is 2.34. The summed E-state index contributed by atoms with van der Waals surface area (Å²) in [6.07, 6.45) is 2.45. The minimum absolute atomic E-state index is 0.261. The van der Waals surface area contributed by atoms with Crippen LogP contribution in [0.5, 0.6) is 0 Å². The van der Waals surface area contributed by atoms with Crippen molar-refractivity contribution in [2.45, 2.75) is 31.8 Å². The van der Waals surface area contributed by atoms with E-state index in [4.69, 9.17) is 5.11 Å². The van der Waals surface area contributed by atoms with Crippen LogP contribution in [0.2, 0.25) is 0 Å². The summed E-state index contributed by atoms with van der Waals surface area (Å²) in [5, 5.41) is 11.9. The number of rotatable bonds is 4. The molecule has 6 nitrogen and oxygen atoms in total. The average molecular weight is 287 g/mol. The maximum Gasteiger partial charge on any atom is 0.327 e. The summed E-state index contributed by atoms with van der Waals surface area (Å²) < 4.78 is 0. The van der Waals surface area contributed by atoms with Crippen molar-refractivity contribution in [2.75, 3.05) is 31.3 Å². The number of carboxylic acids is 1. The fraction of sp³-hybridized carbons (Fsp3) is 0.833. The summed E-state index contributed by atoms with van der Waals surface area (Å²) in [7, 11) is 0. The van der Waals surface area contributed by atoms with Crippen molar-refractivity contribution in [2.24, 2.45) is 0 Å². The number of hydrogen-bond acceptors (Lipinski definition) is 4. The molecule has 7 heteroatoms. The quantitative estimate of drug-likeness (QED) is 0.794. The Morgan fingerprint density at radius 3 is 2.74 bits per heavy atom. The van der Waals surface area contributed by atoms with Crippen molar-refractivity contribution >= 4 is 23.8 Å². The Morgan fingerprint density at radius 2 is 2.11 bits per heavy atom. The molecule has 108 valence electrons. The monoisotopic (exact) mass is 287 g/mol.